The van der Waals surface area contributed by atoms with Crippen LogP contribution >= 0.6 is 27.7 Å². The SMILES string of the molecule is O=C(O)c1cccc(OCCSc2ccc(Br)cc2)c1. The van der Waals surface area contributed by atoms with Crippen LogP contribution < -0.4 is 4.74 Å². The van der Waals surface area contributed by atoms with Gasteiger partial charge in [-0.3, -0.25) is 0 Å². The van der Waals surface area contributed by atoms with Gasteiger partial charge in [-0.05, 0) is 42.5 Å². The number of aromatic carboxylic acids is 1. The number of carbonyl (C=O) groups is 1. The largest absolute Gasteiger partial charge is 0.493 e. The summed E-state index contributed by atoms with van der Waals surface area (Å²) in [6, 6.07) is 14.6. The summed E-state index contributed by atoms with van der Waals surface area (Å²) in [4.78, 5) is 12.0. The first-order valence-electron chi connectivity index (χ1n) is 6.00. The predicted octanol–water partition coefficient (Wildman–Crippen LogP) is 4.32. The molecule has 0 saturated carbocycles. The first-order valence-corrected chi connectivity index (χ1v) is 7.77. The molecule has 0 unspecified atom stereocenters. The van der Waals surface area contributed by atoms with E-state index >= 15 is 0 Å². The summed E-state index contributed by atoms with van der Waals surface area (Å²) in [5.74, 6) is 0.444. The van der Waals surface area contributed by atoms with Gasteiger partial charge >= 0.3 is 5.97 Å². The minimum absolute atomic E-state index is 0.239. The summed E-state index contributed by atoms with van der Waals surface area (Å²) in [6.45, 7) is 0.532. The molecular weight excluding hydrogens is 340 g/mol. The second-order valence-corrected chi connectivity index (χ2v) is 6.07. The highest BCUT2D eigenvalue weighted by Gasteiger charge is 2.03. The van der Waals surface area contributed by atoms with Crippen molar-refractivity contribution in [2.45, 2.75) is 4.90 Å². The maximum atomic E-state index is 10.8. The quantitative estimate of drug-likeness (QED) is 0.621. The van der Waals surface area contributed by atoms with E-state index < -0.39 is 5.97 Å². The Kier molecular flexibility index (Phi) is 5.49. The maximum absolute atomic E-state index is 10.8. The number of hydrogen-bond donors (Lipinski definition) is 1. The molecule has 2 rings (SSSR count). The molecule has 0 aliphatic heterocycles. The Bertz CT molecular complexity index is 584. The third kappa shape index (κ3) is 4.58. The molecule has 0 spiro atoms. The summed E-state index contributed by atoms with van der Waals surface area (Å²) in [6.07, 6.45) is 0. The van der Waals surface area contributed by atoms with E-state index in [1.807, 2.05) is 24.3 Å². The topological polar surface area (TPSA) is 46.5 Å². The molecule has 0 aliphatic carbocycles. The summed E-state index contributed by atoms with van der Waals surface area (Å²) >= 11 is 5.09. The van der Waals surface area contributed by atoms with Crippen LogP contribution in [0.15, 0.2) is 57.9 Å². The normalized spacial score (nSPS) is 10.2. The molecule has 0 aliphatic rings. The Labute approximate surface area is 130 Å². The molecule has 0 bridgehead atoms. The van der Waals surface area contributed by atoms with E-state index in [1.54, 1.807) is 30.0 Å². The Morgan fingerprint density at radius 2 is 1.95 bits per heavy atom. The monoisotopic (exact) mass is 352 g/mol. The molecule has 1 N–H and O–H groups in total. The first-order chi connectivity index (χ1) is 9.65. The average molecular weight is 353 g/mol. The third-order valence-corrected chi connectivity index (χ3v) is 4.02. The van der Waals surface area contributed by atoms with E-state index in [2.05, 4.69) is 15.9 Å². The second kappa shape index (κ2) is 7.36. The van der Waals surface area contributed by atoms with Crippen molar-refractivity contribution in [3.05, 3.63) is 58.6 Å². The van der Waals surface area contributed by atoms with Gasteiger partial charge in [-0.2, -0.15) is 0 Å². The fourth-order valence-corrected chi connectivity index (χ4v) is 2.56. The number of thioether (sulfide) groups is 1. The molecule has 0 amide bonds. The molecule has 20 heavy (non-hydrogen) atoms. The molecule has 0 fully saturated rings. The highest BCUT2D eigenvalue weighted by molar-refractivity contribution is 9.10. The lowest BCUT2D eigenvalue weighted by Gasteiger charge is -2.06. The Hall–Kier alpha value is -1.46. The second-order valence-electron chi connectivity index (χ2n) is 3.98. The van der Waals surface area contributed by atoms with Gasteiger partial charge in [0.1, 0.15) is 5.75 Å². The maximum Gasteiger partial charge on any atom is 0.335 e. The number of carboxylic acid groups (broad SMARTS) is 1. The molecule has 3 nitrogen and oxygen atoms in total. The number of rotatable bonds is 6. The molecule has 0 aromatic heterocycles. The van der Waals surface area contributed by atoms with Gasteiger partial charge < -0.3 is 9.84 Å². The van der Waals surface area contributed by atoms with Gasteiger partial charge in [-0.25, -0.2) is 4.79 Å². The minimum atomic E-state index is -0.945. The van der Waals surface area contributed by atoms with Gasteiger partial charge in [0.15, 0.2) is 0 Å². The van der Waals surface area contributed by atoms with E-state index in [9.17, 15) is 4.79 Å². The Morgan fingerprint density at radius 1 is 1.20 bits per heavy atom. The molecule has 0 radical (unpaired) electrons. The first kappa shape index (κ1) is 14.9. The highest BCUT2D eigenvalue weighted by atomic mass is 79.9. The minimum Gasteiger partial charge on any atom is -0.493 e. The summed E-state index contributed by atoms with van der Waals surface area (Å²) < 4.78 is 6.61. The number of ether oxygens (including phenoxy) is 1. The van der Waals surface area contributed by atoms with Gasteiger partial charge in [0.2, 0.25) is 0 Å². The van der Waals surface area contributed by atoms with Crippen LogP contribution in [0.1, 0.15) is 10.4 Å². The van der Waals surface area contributed by atoms with Crippen LogP contribution in [0.5, 0.6) is 5.75 Å². The van der Waals surface area contributed by atoms with Gasteiger partial charge in [0, 0.05) is 15.1 Å². The van der Waals surface area contributed by atoms with E-state index in [0.29, 0.717) is 12.4 Å². The summed E-state index contributed by atoms with van der Waals surface area (Å²) in [5.41, 5.74) is 0.239. The number of hydrogen-bond acceptors (Lipinski definition) is 3. The molecule has 2 aromatic rings. The van der Waals surface area contributed by atoms with Crippen molar-refractivity contribution in [3.63, 3.8) is 0 Å². The molecule has 104 valence electrons. The fraction of sp³-hybridized carbons (Fsp3) is 0.133. The zero-order chi connectivity index (χ0) is 14.4. The highest BCUT2D eigenvalue weighted by Crippen LogP contribution is 2.21. The molecular formula is C15H13BrO3S. The smallest absolute Gasteiger partial charge is 0.335 e. The van der Waals surface area contributed by atoms with Crippen LogP contribution in [0.25, 0.3) is 0 Å². The average Bonchev–Trinajstić information content (AvgIpc) is 2.46. The lowest BCUT2D eigenvalue weighted by molar-refractivity contribution is 0.0696. The zero-order valence-electron chi connectivity index (χ0n) is 10.6. The molecule has 5 heteroatoms. The van der Waals surface area contributed by atoms with Crippen LogP contribution in [-0.4, -0.2) is 23.4 Å². The van der Waals surface area contributed by atoms with E-state index in [1.165, 1.54) is 11.0 Å². The molecule has 2 aromatic carbocycles. The standard InChI is InChI=1S/C15H13BrO3S/c16-12-4-6-14(7-5-12)20-9-8-19-13-3-1-2-11(10-13)15(17)18/h1-7,10H,8-9H2,(H,17,18). The van der Waals surface area contributed by atoms with Crippen molar-refractivity contribution in [1.29, 1.82) is 0 Å². The lowest BCUT2D eigenvalue weighted by atomic mass is 10.2. The van der Waals surface area contributed by atoms with Gasteiger partial charge in [-0.15, -0.1) is 11.8 Å². The molecule has 0 atom stereocenters. The van der Waals surface area contributed by atoms with Crippen molar-refractivity contribution >= 4 is 33.7 Å². The zero-order valence-corrected chi connectivity index (χ0v) is 13.0. The van der Waals surface area contributed by atoms with Crippen LogP contribution in [0, 0.1) is 0 Å². The Balaban J connectivity index is 1.79. The molecule has 0 heterocycles. The van der Waals surface area contributed by atoms with Gasteiger partial charge in [-0.1, -0.05) is 22.0 Å². The third-order valence-electron chi connectivity index (χ3n) is 2.52. The van der Waals surface area contributed by atoms with Crippen molar-refractivity contribution in [3.8, 4) is 5.75 Å². The number of benzene rings is 2. The van der Waals surface area contributed by atoms with Crippen LogP contribution in [0.3, 0.4) is 0 Å². The van der Waals surface area contributed by atoms with E-state index in [0.717, 1.165) is 10.2 Å². The van der Waals surface area contributed by atoms with Crippen molar-refractivity contribution in [2.24, 2.45) is 0 Å². The van der Waals surface area contributed by atoms with Crippen LogP contribution in [0.2, 0.25) is 0 Å². The van der Waals surface area contributed by atoms with Crippen molar-refractivity contribution in [2.75, 3.05) is 12.4 Å². The predicted molar refractivity (Wildman–Crippen MR) is 83.8 cm³/mol. The molecule has 0 saturated heterocycles. The lowest BCUT2D eigenvalue weighted by Crippen LogP contribution is -2.02. The van der Waals surface area contributed by atoms with E-state index in [4.69, 9.17) is 9.84 Å². The summed E-state index contributed by atoms with van der Waals surface area (Å²) in [5, 5.41) is 8.89. The number of carboxylic acids is 1. The van der Waals surface area contributed by atoms with E-state index in [-0.39, 0.29) is 5.56 Å². The summed E-state index contributed by atoms with van der Waals surface area (Å²) in [7, 11) is 0. The Morgan fingerprint density at radius 3 is 2.65 bits per heavy atom. The van der Waals surface area contributed by atoms with Crippen molar-refractivity contribution in [1.82, 2.24) is 0 Å². The van der Waals surface area contributed by atoms with Gasteiger partial charge in [0.05, 0.1) is 12.2 Å². The fourth-order valence-electron chi connectivity index (χ4n) is 1.57. The van der Waals surface area contributed by atoms with Crippen LogP contribution in [0.4, 0.5) is 0 Å². The number of halogens is 1. The van der Waals surface area contributed by atoms with Gasteiger partial charge in [0.25, 0.3) is 0 Å². The van der Waals surface area contributed by atoms with Crippen LogP contribution in [-0.2, 0) is 0 Å². The van der Waals surface area contributed by atoms with Crippen molar-refractivity contribution < 1.29 is 14.6 Å².